The van der Waals surface area contributed by atoms with Gasteiger partial charge in [-0.2, -0.15) is 12.6 Å². The van der Waals surface area contributed by atoms with Crippen molar-refractivity contribution in [3.63, 3.8) is 0 Å². The van der Waals surface area contributed by atoms with E-state index in [0.29, 0.717) is 0 Å². The first kappa shape index (κ1) is 9.44. The van der Waals surface area contributed by atoms with Crippen LogP contribution in [0.3, 0.4) is 0 Å². The van der Waals surface area contributed by atoms with E-state index < -0.39 is 16.5 Å². The van der Waals surface area contributed by atoms with Crippen LogP contribution in [0.15, 0.2) is 12.0 Å². The van der Waals surface area contributed by atoms with Gasteiger partial charge in [0, 0.05) is 0 Å². The second kappa shape index (κ2) is 2.59. The molecule has 0 aliphatic rings. The summed E-state index contributed by atoms with van der Waals surface area (Å²) in [5.74, 6) is 0. The Bertz CT molecular complexity index is 214. The van der Waals surface area contributed by atoms with Crippen molar-refractivity contribution in [1.82, 2.24) is 0 Å². The molecule has 0 heterocycles. The third kappa shape index (κ3) is 4.33. The predicted octanol–water partition coefficient (Wildman–Crippen LogP) is 0.996. The van der Waals surface area contributed by atoms with Crippen LogP contribution < -0.4 is 0 Å². The van der Waals surface area contributed by atoms with E-state index in [1.807, 2.05) is 0 Å². The zero-order valence-corrected chi connectivity index (χ0v) is 5.37. The maximum atomic E-state index is 11.1. The SMILES string of the molecule is C=CS(=O)(=O)OC(F)(F)F. The van der Waals surface area contributed by atoms with Crippen molar-refractivity contribution in [2.45, 2.75) is 6.36 Å². The van der Waals surface area contributed by atoms with Crippen molar-refractivity contribution in [1.29, 1.82) is 0 Å². The van der Waals surface area contributed by atoms with Crippen molar-refractivity contribution in [3.05, 3.63) is 12.0 Å². The van der Waals surface area contributed by atoms with Gasteiger partial charge in [-0.1, -0.05) is 6.58 Å². The highest BCUT2D eigenvalue weighted by Crippen LogP contribution is 2.19. The van der Waals surface area contributed by atoms with Crippen molar-refractivity contribution >= 4 is 10.1 Å². The summed E-state index contributed by atoms with van der Waals surface area (Å²) in [7, 11) is -4.64. The maximum Gasteiger partial charge on any atom is 0.537 e. The van der Waals surface area contributed by atoms with Gasteiger partial charge < -0.3 is 0 Å². The zero-order chi connectivity index (χ0) is 8.41. The van der Waals surface area contributed by atoms with Gasteiger partial charge in [-0.25, -0.2) is 0 Å². The summed E-state index contributed by atoms with van der Waals surface area (Å²) in [4.78, 5) is 0. The Hall–Kier alpha value is -0.560. The van der Waals surface area contributed by atoms with Crippen LogP contribution in [0, 0.1) is 0 Å². The minimum Gasteiger partial charge on any atom is -0.194 e. The normalized spacial score (nSPS) is 13.1. The first-order valence-corrected chi connectivity index (χ1v) is 3.39. The Morgan fingerprint density at radius 2 is 1.80 bits per heavy atom. The molecule has 0 spiro atoms. The molecule has 0 aliphatic carbocycles. The van der Waals surface area contributed by atoms with E-state index >= 15 is 0 Å². The Balaban J connectivity index is 4.32. The summed E-state index contributed by atoms with van der Waals surface area (Å²) >= 11 is 0. The molecule has 60 valence electrons. The lowest BCUT2D eigenvalue weighted by Crippen LogP contribution is -2.17. The van der Waals surface area contributed by atoms with Crippen LogP contribution in [0.5, 0.6) is 0 Å². The van der Waals surface area contributed by atoms with Gasteiger partial charge in [-0.15, -0.1) is 13.2 Å². The van der Waals surface area contributed by atoms with Crippen LogP contribution in [0.1, 0.15) is 0 Å². The molecule has 0 bridgehead atoms. The fraction of sp³-hybridized carbons (Fsp3) is 0.333. The molecule has 0 radical (unpaired) electrons. The second-order valence-corrected chi connectivity index (χ2v) is 2.67. The molecule has 0 aromatic carbocycles. The van der Waals surface area contributed by atoms with E-state index in [-0.39, 0.29) is 5.41 Å². The van der Waals surface area contributed by atoms with Crippen molar-refractivity contribution in [3.8, 4) is 0 Å². The molecule has 0 aliphatic heterocycles. The monoisotopic (exact) mass is 176 g/mol. The predicted molar refractivity (Wildman–Crippen MR) is 26.3 cm³/mol. The molecule has 0 rings (SSSR count). The van der Waals surface area contributed by atoms with E-state index in [1.165, 1.54) is 0 Å². The topological polar surface area (TPSA) is 43.4 Å². The molecule has 0 saturated heterocycles. The highest BCUT2D eigenvalue weighted by Gasteiger charge is 2.35. The third-order valence-electron chi connectivity index (χ3n) is 0.415. The molecule has 10 heavy (non-hydrogen) atoms. The highest BCUT2D eigenvalue weighted by molar-refractivity contribution is 7.89. The Morgan fingerprint density at radius 1 is 1.40 bits per heavy atom. The van der Waals surface area contributed by atoms with Gasteiger partial charge in [0.05, 0.1) is 5.41 Å². The summed E-state index contributed by atoms with van der Waals surface area (Å²) < 4.78 is 55.8. The number of halogens is 3. The lowest BCUT2D eigenvalue weighted by molar-refractivity contribution is -0.271. The Kier molecular flexibility index (Phi) is 2.44. The minimum absolute atomic E-state index is 0.0699. The van der Waals surface area contributed by atoms with Crippen LogP contribution >= 0.6 is 0 Å². The number of alkyl halides is 3. The van der Waals surface area contributed by atoms with E-state index in [1.54, 1.807) is 0 Å². The zero-order valence-electron chi connectivity index (χ0n) is 4.55. The van der Waals surface area contributed by atoms with Gasteiger partial charge in [-0.3, -0.25) is 0 Å². The van der Waals surface area contributed by atoms with Crippen LogP contribution in [0.4, 0.5) is 13.2 Å². The molecule has 0 aromatic rings. The average molecular weight is 176 g/mol. The van der Waals surface area contributed by atoms with Crippen LogP contribution in [-0.4, -0.2) is 14.8 Å². The Labute approximate surface area is 55.2 Å². The fourth-order valence-corrected chi connectivity index (χ4v) is 0.497. The molecule has 0 fully saturated rings. The Morgan fingerprint density at radius 3 is 1.90 bits per heavy atom. The van der Waals surface area contributed by atoms with Gasteiger partial charge in [-0.05, 0) is 0 Å². The average Bonchev–Trinajstić information content (AvgIpc) is 1.60. The van der Waals surface area contributed by atoms with Crippen LogP contribution in [0.2, 0.25) is 0 Å². The number of rotatable bonds is 2. The summed E-state index contributed by atoms with van der Waals surface area (Å²) in [6, 6.07) is 0. The summed E-state index contributed by atoms with van der Waals surface area (Å²) in [5, 5.41) is 0.0699. The van der Waals surface area contributed by atoms with Crippen molar-refractivity contribution in [2.24, 2.45) is 0 Å². The lowest BCUT2D eigenvalue weighted by atomic mass is 11.3. The molecule has 0 aromatic heterocycles. The van der Waals surface area contributed by atoms with Crippen LogP contribution in [0.25, 0.3) is 0 Å². The van der Waals surface area contributed by atoms with Crippen molar-refractivity contribution < 1.29 is 25.8 Å². The number of hydrogen-bond acceptors (Lipinski definition) is 3. The molecule has 0 N–H and O–H groups in total. The molecule has 0 unspecified atom stereocenters. The van der Waals surface area contributed by atoms with Gasteiger partial charge in [0.1, 0.15) is 0 Å². The van der Waals surface area contributed by atoms with Gasteiger partial charge in [0.25, 0.3) is 10.1 Å². The van der Waals surface area contributed by atoms with E-state index in [0.717, 1.165) is 0 Å². The number of hydrogen-bond donors (Lipinski definition) is 0. The summed E-state index contributed by atoms with van der Waals surface area (Å²) in [6.07, 6.45) is -5.17. The van der Waals surface area contributed by atoms with Gasteiger partial charge in [0.2, 0.25) is 0 Å². The van der Waals surface area contributed by atoms with E-state index in [4.69, 9.17) is 0 Å². The largest absolute Gasteiger partial charge is 0.537 e. The van der Waals surface area contributed by atoms with Crippen LogP contribution in [-0.2, 0) is 14.3 Å². The van der Waals surface area contributed by atoms with E-state index in [2.05, 4.69) is 10.8 Å². The molecule has 0 amide bonds. The highest BCUT2D eigenvalue weighted by atomic mass is 32.2. The fourth-order valence-electron chi connectivity index (χ4n) is 0.166. The molecule has 0 atom stereocenters. The maximum absolute atomic E-state index is 11.1. The second-order valence-electron chi connectivity index (χ2n) is 1.19. The molecular weight excluding hydrogens is 173 g/mol. The molecule has 0 saturated carbocycles. The molecule has 3 nitrogen and oxygen atoms in total. The van der Waals surface area contributed by atoms with Gasteiger partial charge in [0.15, 0.2) is 0 Å². The van der Waals surface area contributed by atoms with E-state index in [9.17, 15) is 21.6 Å². The first-order valence-electron chi connectivity index (χ1n) is 1.92. The molecule has 7 heteroatoms. The third-order valence-corrected chi connectivity index (χ3v) is 1.24. The lowest BCUT2D eigenvalue weighted by Gasteiger charge is -2.02. The standard InChI is InChI=1S/C3H3F3O3S/c1-2-10(7,8)9-3(4,5)6/h2H,1H2. The smallest absolute Gasteiger partial charge is 0.194 e. The summed E-state index contributed by atoms with van der Waals surface area (Å²) in [6.45, 7) is 2.60. The minimum atomic E-state index is -5.17. The summed E-state index contributed by atoms with van der Waals surface area (Å²) in [5.41, 5.74) is 0. The van der Waals surface area contributed by atoms with Crippen molar-refractivity contribution in [2.75, 3.05) is 0 Å². The quantitative estimate of drug-likeness (QED) is 0.589. The van der Waals surface area contributed by atoms with Gasteiger partial charge >= 0.3 is 6.36 Å². The molecular formula is C3H3F3O3S. The first-order chi connectivity index (χ1) is 4.27.